The molecule has 86 valence electrons. The van der Waals surface area contributed by atoms with Crippen molar-refractivity contribution in [3.8, 4) is 0 Å². The van der Waals surface area contributed by atoms with Crippen LogP contribution in [0.25, 0.3) is 0 Å². The minimum absolute atomic E-state index is 0.0411. The molecule has 0 rings (SSSR count). The lowest BCUT2D eigenvalue weighted by Crippen LogP contribution is -2.28. The summed E-state index contributed by atoms with van der Waals surface area (Å²) >= 11 is 0. The first-order valence-electron chi connectivity index (χ1n) is 5.80. The van der Waals surface area contributed by atoms with E-state index in [0.29, 0.717) is 11.5 Å². The topological polar surface area (TPSA) is 9.23 Å². The number of hydrogen-bond donors (Lipinski definition) is 0. The van der Waals surface area contributed by atoms with Crippen molar-refractivity contribution in [1.29, 1.82) is 0 Å². The molecule has 0 radical (unpaired) electrons. The average Bonchev–Trinajstić information content (AvgIpc) is 1.78. The monoisotopic (exact) mass is 200 g/mol. The van der Waals surface area contributed by atoms with Gasteiger partial charge in [-0.2, -0.15) is 0 Å². The van der Waals surface area contributed by atoms with Crippen molar-refractivity contribution < 1.29 is 4.74 Å². The average molecular weight is 200 g/mol. The summed E-state index contributed by atoms with van der Waals surface area (Å²) in [4.78, 5) is 0. The summed E-state index contributed by atoms with van der Waals surface area (Å²) in [6, 6.07) is 0. The lowest BCUT2D eigenvalue weighted by Gasteiger charge is -2.29. The largest absolute Gasteiger partial charge is 0.373 e. The Labute approximate surface area is 90.2 Å². The molecular formula is C13H28O. The molecule has 0 aliphatic heterocycles. The number of hydrogen-bond acceptors (Lipinski definition) is 1. The third-order valence-corrected chi connectivity index (χ3v) is 2.26. The molecular weight excluding hydrogens is 172 g/mol. The minimum atomic E-state index is 0.0411. The molecule has 0 unspecified atom stereocenters. The molecule has 0 bridgehead atoms. The summed E-state index contributed by atoms with van der Waals surface area (Å²) in [5.41, 5.74) is 0.493. The van der Waals surface area contributed by atoms with Crippen molar-refractivity contribution in [3.05, 3.63) is 0 Å². The van der Waals surface area contributed by atoms with Crippen LogP contribution < -0.4 is 0 Å². The SMILES string of the molecule is CC(C)OC(C)(C)CCCC(C)(C)C. The Bertz CT molecular complexity index is 151. The lowest BCUT2D eigenvalue weighted by atomic mass is 9.87. The molecule has 1 heteroatoms. The standard InChI is InChI=1S/C13H28O/c1-11(2)14-13(6,7)10-8-9-12(3,4)5/h11H,8-10H2,1-7H3. The van der Waals surface area contributed by atoms with Crippen LogP contribution in [0.2, 0.25) is 0 Å². The molecule has 0 saturated heterocycles. The highest BCUT2D eigenvalue weighted by atomic mass is 16.5. The summed E-state index contributed by atoms with van der Waals surface area (Å²) < 4.78 is 5.85. The van der Waals surface area contributed by atoms with E-state index in [1.807, 2.05) is 0 Å². The molecule has 0 spiro atoms. The van der Waals surface area contributed by atoms with Crippen molar-refractivity contribution in [2.24, 2.45) is 5.41 Å². The number of ether oxygens (including phenoxy) is 1. The summed E-state index contributed by atoms with van der Waals surface area (Å²) in [6.45, 7) is 15.5. The van der Waals surface area contributed by atoms with Crippen LogP contribution in [0.15, 0.2) is 0 Å². The first-order chi connectivity index (χ1) is 6.12. The van der Waals surface area contributed by atoms with Gasteiger partial charge in [0.25, 0.3) is 0 Å². The van der Waals surface area contributed by atoms with Crippen molar-refractivity contribution in [3.63, 3.8) is 0 Å². The molecule has 0 heterocycles. The van der Waals surface area contributed by atoms with Gasteiger partial charge < -0.3 is 4.74 Å². The van der Waals surface area contributed by atoms with Gasteiger partial charge in [-0.1, -0.05) is 27.2 Å². The summed E-state index contributed by atoms with van der Waals surface area (Å²) in [6.07, 6.45) is 4.02. The Kier molecular flexibility index (Phi) is 5.14. The third-order valence-electron chi connectivity index (χ3n) is 2.26. The summed E-state index contributed by atoms with van der Waals surface area (Å²) in [5.74, 6) is 0. The number of rotatable bonds is 5. The van der Waals surface area contributed by atoms with Crippen LogP contribution >= 0.6 is 0 Å². The fraction of sp³-hybridized carbons (Fsp3) is 1.00. The second-order valence-corrected chi connectivity index (χ2v) is 6.34. The predicted molar refractivity (Wildman–Crippen MR) is 63.6 cm³/mol. The molecule has 0 amide bonds. The van der Waals surface area contributed by atoms with E-state index in [1.54, 1.807) is 0 Å². The van der Waals surface area contributed by atoms with Gasteiger partial charge in [-0.05, 0) is 46.0 Å². The van der Waals surface area contributed by atoms with E-state index < -0.39 is 0 Å². The van der Waals surface area contributed by atoms with Crippen molar-refractivity contribution in [1.82, 2.24) is 0 Å². The molecule has 0 aliphatic rings. The van der Waals surface area contributed by atoms with E-state index in [0.717, 1.165) is 6.42 Å². The fourth-order valence-electron chi connectivity index (χ4n) is 1.74. The second-order valence-electron chi connectivity index (χ2n) is 6.34. The zero-order valence-electron chi connectivity index (χ0n) is 11.1. The highest BCUT2D eigenvalue weighted by Gasteiger charge is 2.20. The van der Waals surface area contributed by atoms with Crippen molar-refractivity contribution in [2.75, 3.05) is 0 Å². The molecule has 1 nitrogen and oxygen atoms in total. The molecule has 14 heavy (non-hydrogen) atoms. The van der Waals surface area contributed by atoms with Gasteiger partial charge >= 0.3 is 0 Å². The van der Waals surface area contributed by atoms with Gasteiger partial charge in [0.15, 0.2) is 0 Å². The Morgan fingerprint density at radius 2 is 1.43 bits per heavy atom. The molecule has 0 atom stereocenters. The highest BCUT2D eigenvalue weighted by molar-refractivity contribution is 4.71. The van der Waals surface area contributed by atoms with Gasteiger partial charge in [0.2, 0.25) is 0 Å². The van der Waals surface area contributed by atoms with Crippen LogP contribution in [-0.4, -0.2) is 11.7 Å². The third kappa shape index (κ3) is 8.55. The Hall–Kier alpha value is -0.0400. The van der Waals surface area contributed by atoms with Crippen LogP contribution in [0.3, 0.4) is 0 Å². The molecule has 0 aromatic rings. The van der Waals surface area contributed by atoms with Crippen LogP contribution in [0, 0.1) is 5.41 Å². The summed E-state index contributed by atoms with van der Waals surface area (Å²) in [5, 5.41) is 0. The van der Waals surface area contributed by atoms with Gasteiger partial charge in [0.1, 0.15) is 0 Å². The zero-order chi connectivity index (χ0) is 11.4. The maximum absolute atomic E-state index is 5.85. The van der Waals surface area contributed by atoms with E-state index in [9.17, 15) is 0 Å². The van der Waals surface area contributed by atoms with E-state index in [2.05, 4.69) is 48.5 Å². The second kappa shape index (κ2) is 5.16. The van der Waals surface area contributed by atoms with Gasteiger partial charge in [0.05, 0.1) is 11.7 Å². The van der Waals surface area contributed by atoms with E-state index >= 15 is 0 Å². The van der Waals surface area contributed by atoms with E-state index in [-0.39, 0.29) is 5.60 Å². The molecule has 0 saturated carbocycles. The maximum atomic E-state index is 5.85. The van der Waals surface area contributed by atoms with E-state index in [1.165, 1.54) is 12.8 Å². The predicted octanol–water partition coefficient (Wildman–Crippen LogP) is 4.41. The fourth-order valence-corrected chi connectivity index (χ4v) is 1.74. The molecule has 0 N–H and O–H groups in total. The molecule has 0 aliphatic carbocycles. The highest BCUT2D eigenvalue weighted by Crippen LogP contribution is 2.26. The van der Waals surface area contributed by atoms with Crippen LogP contribution in [0.1, 0.15) is 67.7 Å². The Balaban J connectivity index is 3.76. The summed E-state index contributed by atoms with van der Waals surface area (Å²) in [7, 11) is 0. The van der Waals surface area contributed by atoms with E-state index in [4.69, 9.17) is 4.74 Å². The normalized spacial score (nSPS) is 13.7. The smallest absolute Gasteiger partial charge is 0.0630 e. The van der Waals surface area contributed by atoms with Gasteiger partial charge in [-0.3, -0.25) is 0 Å². The molecule has 0 aromatic heterocycles. The van der Waals surface area contributed by atoms with Crippen LogP contribution in [0.5, 0.6) is 0 Å². The zero-order valence-corrected chi connectivity index (χ0v) is 11.1. The Morgan fingerprint density at radius 1 is 0.929 bits per heavy atom. The van der Waals surface area contributed by atoms with Crippen molar-refractivity contribution >= 4 is 0 Å². The van der Waals surface area contributed by atoms with Crippen molar-refractivity contribution in [2.45, 2.75) is 79.4 Å². The molecule has 0 fully saturated rings. The Morgan fingerprint density at radius 3 is 1.79 bits per heavy atom. The maximum Gasteiger partial charge on any atom is 0.0630 e. The first kappa shape index (κ1) is 14.0. The quantitative estimate of drug-likeness (QED) is 0.639. The van der Waals surface area contributed by atoms with Crippen LogP contribution in [0.4, 0.5) is 0 Å². The molecule has 0 aromatic carbocycles. The minimum Gasteiger partial charge on any atom is -0.373 e. The lowest BCUT2D eigenvalue weighted by molar-refractivity contribution is -0.0623. The first-order valence-corrected chi connectivity index (χ1v) is 5.80. The van der Waals surface area contributed by atoms with Gasteiger partial charge in [-0.25, -0.2) is 0 Å². The van der Waals surface area contributed by atoms with Crippen LogP contribution in [-0.2, 0) is 4.74 Å². The van der Waals surface area contributed by atoms with Gasteiger partial charge in [0, 0.05) is 0 Å². The van der Waals surface area contributed by atoms with Gasteiger partial charge in [-0.15, -0.1) is 0 Å².